The van der Waals surface area contributed by atoms with Crippen LogP contribution in [0.4, 0.5) is 8.78 Å². The highest BCUT2D eigenvalue weighted by Gasteiger charge is 2.09. The highest BCUT2D eigenvalue weighted by molar-refractivity contribution is 5.20. The quantitative estimate of drug-likeness (QED) is 0.761. The van der Waals surface area contributed by atoms with Crippen LogP contribution in [-0.2, 0) is 4.74 Å². The lowest BCUT2D eigenvalue weighted by molar-refractivity contribution is 0.128. The normalized spacial score (nSPS) is 12.8. The van der Waals surface area contributed by atoms with E-state index in [0.29, 0.717) is 25.2 Å². The molecule has 0 saturated carbocycles. The van der Waals surface area contributed by atoms with Crippen LogP contribution in [0.25, 0.3) is 0 Å². The summed E-state index contributed by atoms with van der Waals surface area (Å²) in [7, 11) is 0. The van der Waals surface area contributed by atoms with E-state index < -0.39 is 11.6 Å². The van der Waals surface area contributed by atoms with Gasteiger partial charge in [0.25, 0.3) is 0 Å². The van der Waals surface area contributed by atoms with Gasteiger partial charge in [0, 0.05) is 19.3 Å². The molecule has 0 aliphatic rings. The van der Waals surface area contributed by atoms with Gasteiger partial charge in [0.1, 0.15) is 0 Å². The van der Waals surface area contributed by atoms with Crippen LogP contribution in [0.15, 0.2) is 18.2 Å². The first-order valence-corrected chi connectivity index (χ1v) is 5.43. The van der Waals surface area contributed by atoms with Crippen LogP contribution in [0.5, 0.6) is 0 Å². The van der Waals surface area contributed by atoms with E-state index in [2.05, 4.69) is 0 Å². The Hall–Kier alpha value is -1.00. The second kappa shape index (κ2) is 6.55. The molecule has 0 heterocycles. The van der Waals surface area contributed by atoms with Crippen molar-refractivity contribution in [2.75, 3.05) is 13.2 Å². The Balaban J connectivity index is 2.46. The molecular formula is C12H17F2NO. The fourth-order valence-corrected chi connectivity index (χ4v) is 1.37. The van der Waals surface area contributed by atoms with E-state index in [9.17, 15) is 8.78 Å². The molecule has 16 heavy (non-hydrogen) atoms. The molecule has 1 unspecified atom stereocenters. The summed E-state index contributed by atoms with van der Waals surface area (Å²) in [6.07, 6.45) is 1.56. The van der Waals surface area contributed by atoms with Crippen molar-refractivity contribution in [3.63, 3.8) is 0 Å². The van der Waals surface area contributed by atoms with Crippen molar-refractivity contribution in [2.24, 2.45) is 5.73 Å². The van der Waals surface area contributed by atoms with Crippen LogP contribution >= 0.6 is 0 Å². The molecule has 0 aromatic heterocycles. The van der Waals surface area contributed by atoms with Gasteiger partial charge in [-0.25, -0.2) is 8.78 Å². The minimum Gasteiger partial charge on any atom is -0.381 e. The highest BCUT2D eigenvalue weighted by Crippen LogP contribution is 2.17. The molecule has 0 amide bonds. The largest absolute Gasteiger partial charge is 0.381 e. The lowest BCUT2D eigenvalue weighted by atomic mass is 10.1. The third-order valence-corrected chi connectivity index (χ3v) is 2.29. The van der Waals surface area contributed by atoms with Crippen LogP contribution in [0.2, 0.25) is 0 Å². The molecule has 4 heteroatoms. The van der Waals surface area contributed by atoms with Crippen molar-refractivity contribution in [3.05, 3.63) is 35.4 Å². The second-order valence-electron chi connectivity index (χ2n) is 3.68. The number of halogens is 2. The Kier molecular flexibility index (Phi) is 5.35. The minimum absolute atomic E-state index is 0.313. The fraction of sp³-hybridized carbons (Fsp3) is 0.500. The number of nitrogens with two attached hydrogens (primary N) is 1. The first kappa shape index (κ1) is 13.1. The number of rotatable bonds is 6. The molecule has 0 aliphatic heterocycles. The monoisotopic (exact) mass is 229 g/mol. The predicted octanol–water partition coefficient (Wildman–Crippen LogP) is 2.78. The van der Waals surface area contributed by atoms with Gasteiger partial charge >= 0.3 is 0 Å². The van der Waals surface area contributed by atoms with Crippen molar-refractivity contribution < 1.29 is 13.5 Å². The Bertz CT molecular complexity index is 331. The minimum atomic E-state index is -0.859. The maximum atomic E-state index is 12.9. The highest BCUT2D eigenvalue weighted by atomic mass is 19.2. The van der Waals surface area contributed by atoms with Crippen molar-refractivity contribution in [3.8, 4) is 0 Å². The molecule has 2 nitrogen and oxygen atoms in total. The van der Waals surface area contributed by atoms with Crippen LogP contribution in [-0.4, -0.2) is 13.2 Å². The summed E-state index contributed by atoms with van der Waals surface area (Å²) in [4.78, 5) is 0. The molecule has 90 valence electrons. The van der Waals surface area contributed by atoms with E-state index in [0.717, 1.165) is 18.6 Å². The maximum Gasteiger partial charge on any atom is 0.159 e. The molecule has 0 radical (unpaired) electrons. The maximum absolute atomic E-state index is 12.9. The van der Waals surface area contributed by atoms with E-state index in [1.54, 1.807) is 0 Å². The van der Waals surface area contributed by atoms with Crippen LogP contribution in [0, 0.1) is 11.6 Å². The van der Waals surface area contributed by atoms with E-state index in [-0.39, 0.29) is 6.04 Å². The van der Waals surface area contributed by atoms with Gasteiger partial charge < -0.3 is 10.5 Å². The zero-order valence-electron chi connectivity index (χ0n) is 9.38. The summed E-state index contributed by atoms with van der Waals surface area (Å²) in [5.41, 5.74) is 6.42. The second-order valence-corrected chi connectivity index (χ2v) is 3.68. The molecule has 2 N–H and O–H groups in total. The van der Waals surface area contributed by atoms with Gasteiger partial charge in [-0.1, -0.05) is 13.0 Å². The molecule has 1 aromatic carbocycles. The molecule has 0 spiro atoms. The van der Waals surface area contributed by atoms with E-state index in [1.165, 1.54) is 6.07 Å². The lowest BCUT2D eigenvalue weighted by Gasteiger charge is -2.12. The molecule has 1 atom stereocenters. The van der Waals surface area contributed by atoms with Gasteiger partial charge in [-0.2, -0.15) is 0 Å². The first-order chi connectivity index (χ1) is 7.65. The number of hydrogen-bond acceptors (Lipinski definition) is 2. The molecule has 1 aromatic rings. The van der Waals surface area contributed by atoms with Crippen molar-refractivity contribution >= 4 is 0 Å². The molecular weight excluding hydrogens is 212 g/mol. The van der Waals surface area contributed by atoms with Crippen LogP contribution in [0.1, 0.15) is 31.4 Å². The summed E-state index contributed by atoms with van der Waals surface area (Å²) in [5.74, 6) is -1.71. The summed E-state index contributed by atoms with van der Waals surface area (Å²) < 4.78 is 30.9. The van der Waals surface area contributed by atoms with Crippen molar-refractivity contribution in [1.82, 2.24) is 0 Å². The standard InChI is InChI=1S/C12H17F2NO/c1-2-6-16-7-5-12(15)9-3-4-10(13)11(14)8-9/h3-4,8,12H,2,5-7,15H2,1H3. The van der Waals surface area contributed by atoms with Gasteiger partial charge in [-0.3, -0.25) is 0 Å². The molecule has 0 fully saturated rings. The molecule has 1 rings (SSSR count). The Labute approximate surface area is 94.4 Å². The Morgan fingerprint density at radius 3 is 2.62 bits per heavy atom. The van der Waals surface area contributed by atoms with Crippen molar-refractivity contribution in [1.29, 1.82) is 0 Å². The van der Waals surface area contributed by atoms with Gasteiger partial charge in [0.05, 0.1) is 0 Å². The van der Waals surface area contributed by atoms with E-state index in [1.807, 2.05) is 6.92 Å². The third kappa shape index (κ3) is 3.87. The van der Waals surface area contributed by atoms with E-state index in [4.69, 9.17) is 10.5 Å². The SMILES string of the molecule is CCCOCCC(N)c1ccc(F)c(F)c1. The smallest absolute Gasteiger partial charge is 0.159 e. The molecule has 0 saturated heterocycles. The molecule has 0 bridgehead atoms. The van der Waals surface area contributed by atoms with Gasteiger partial charge in [0.2, 0.25) is 0 Å². The molecule has 0 aliphatic carbocycles. The Morgan fingerprint density at radius 1 is 1.25 bits per heavy atom. The fourth-order valence-electron chi connectivity index (χ4n) is 1.37. The third-order valence-electron chi connectivity index (χ3n) is 2.29. The summed E-state index contributed by atoms with van der Waals surface area (Å²) in [5, 5.41) is 0. The van der Waals surface area contributed by atoms with Gasteiger partial charge in [-0.05, 0) is 30.5 Å². The Morgan fingerprint density at radius 2 is 2.00 bits per heavy atom. The van der Waals surface area contributed by atoms with Gasteiger partial charge in [0.15, 0.2) is 11.6 Å². The zero-order chi connectivity index (χ0) is 12.0. The number of hydrogen-bond donors (Lipinski definition) is 1. The summed E-state index contributed by atoms with van der Waals surface area (Å²) in [6, 6.07) is 3.42. The average molecular weight is 229 g/mol. The average Bonchev–Trinajstić information content (AvgIpc) is 2.28. The van der Waals surface area contributed by atoms with E-state index >= 15 is 0 Å². The predicted molar refractivity (Wildman–Crippen MR) is 59.0 cm³/mol. The zero-order valence-corrected chi connectivity index (χ0v) is 9.38. The van der Waals surface area contributed by atoms with Crippen LogP contribution < -0.4 is 5.73 Å². The summed E-state index contributed by atoms with van der Waals surface area (Å²) in [6.45, 7) is 3.26. The topological polar surface area (TPSA) is 35.2 Å². The number of benzene rings is 1. The van der Waals surface area contributed by atoms with Crippen molar-refractivity contribution in [2.45, 2.75) is 25.8 Å². The summed E-state index contributed by atoms with van der Waals surface area (Å²) >= 11 is 0. The van der Waals surface area contributed by atoms with Gasteiger partial charge in [-0.15, -0.1) is 0 Å². The van der Waals surface area contributed by atoms with Crippen LogP contribution in [0.3, 0.4) is 0 Å². The first-order valence-electron chi connectivity index (χ1n) is 5.43. The lowest BCUT2D eigenvalue weighted by Crippen LogP contribution is -2.13. The number of ether oxygens (including phenoxy) is 1.